The van der Waals surface area contributed by atoms with Crippen molar-refractivity contribution >= 4 is 0 Å². The van der Waals surface area contributed by atoms with Crippen molar-refractivity contribution in [1.82, 2.24) is 9.80 Å². The van der Waals surface area contributed by atoms with Crippen molar-refractivity contribution in [2.24, 2.45) is 0 Å². The molecule has 2 heteroatoms. The minimum Gasteiger partial charge on any atom is -0.356 e. The Balaban J connectivity index is 2.25. The molecule has 0 aliphatic carbocycles. The van der Waals surface area contributed by atoms with Gasteiger partial charge >= 0.3 is 0 Å². The average molecular weight is 561 g/mol. The van der Waals surface area contributed by atoms with Crippen molar-refractivity contribution in [3.05, 3.63) is 12.4 Å². The van der Waals surface area contributed by atoms with Crippen LogP contribution in [0.4, 0.5) is 0 Å². The summed E-state index contributed by atoms with van der Waals surface area (Å²) in [5, 5.41) is 0. The minimum atomic E-state index is 0.640. The van der Waals surface area contributed by atoms with Gasteiger partial charge in [0.2, 0.25) is 0 Å². The zero-order chi connectivity index (χ0) is 28.8. The summed E-state index contributed by atoms with van der Waals surface area (Å²) in [4.78, 5) is 5.43. The van der Waals surface area contributed by atoms with Crippen LogP contribution in [0, 0.1) is 0 Å². The molecular formula is C38H76N2. The third kappa shape index (κ3) is 22.0. The second-order valence-electron chi connectivity index (χ2n) is 13.2. The number of unbranched alkanes of at least 4 members (excludes halogenated alkanes) is 26. The van der Waals surface area contributed by atoms with Crippen molar-refractivity contribution in [1.29, 1.82) is 0 Å². The summed E-state index contributed by atoms with van der Waals surface area (Å²) < 4.78 is 0. The van der Waals surface area contributed by atoms with Crippen molar-refractivity contribution in [2.45, 2.75) is 220 Å². The molecule has 238 valence electrons. The second kappa shape index (κ2) is 29.8. The Morgan fingerprint density at radius 2 is 0.575 bits per heavy atom. The van der Waals surface area contributed by atoms with Crippen LogP contribution in [0.5, 0.6) is 0 Å². The van der Waals surface area contributed by atoms with Gasteiger partial charge in [0.1, 0.15) is 6.17 Å². The van der Waals surface area contributed by atoms with Crippen molar-refractivity contribution in [3.8, 4) is 0 Å². The molecule has 1 heterocycles. The number of rotatable bonds is 32. The lowest BCUT2D eigenvalue weighted by Gasteiger charge is -2.33. The maximum atomic E-state index is 2.71. The summed E-state index contributed by atoms with van der Waals surface area (Å²) >= 11 is 0. The van der Waals surface area contributed by atoms with Crippen LogP contribution in [0.3, 0.4) is 0 Å². The van der Waals surface area contributed by atoms with Crippen LogP contribution in [-0.2, 0) is 0 Å². The number of nitrogens with zero attached hydrogens (tertiary/aromatic N) is 2. The van der Waals surface area contributed by atoms with Gasteiger partial charge < -0.3 is 9.80 Å². The molecule has 0 fully saturated rings. The van der Waals surface area contributed by atoms with Gasteiger partial charge in [0.15, 0.2) is 0 Å². The highest BCUT2D eigenvalue weighted by Gasteiger charge is 2.24. The lowest BCUT2D eigenvalue weighted by molar-refractivity contribution is 0.135. The van der Waals surface area contributed by atoms with E-state index in [1.54, 1.807) is 0 Å². The van der Waals surface area contributed by atoms with Crippen LogP contribution < -0.4 is 0 Å². The van der Waals surface area contributed by atoms with Crippen LogP contribution in [-0.4, -0.2) is 29.1 Å². The first-order valence-electron chi connectivity index (χ1n) is 19.0. The smallest absolute Gasteiger partial charge is 0.101 e. The second-order valence-corrected chi connectivity index (χ2v) is 13.2. The number of hydrogen-bond acceptors (Lipinski definition) is 2. The Bertz CT molecular complexity index is 516. The topological polar surface area (TPSA) is 6.48 Å². The Morgan fingerprint density at radius 3 is 0.875 bits per heavy atom. The molecule has 0 aromatic heterocycles. The fourth-order valence-corrected chi connectivity index (χ4v) is 6.54. The van der Waals surface area contributed by atoms with Gasteiger partial charge in [-0.25, -0.2) is 0 Å². The summed E-state index contributed by atoms with van der Waals surface area (Å²) in [6.07, 6.45) is 48.4. The summed E-state index contributed by atoms with van der Waals surface area (Å²) in [6.45, 7) is 9.48. The van der Waals surface area contributed by atoms with E-state index >= 15 is 0 Å². The predicted octanol–water partition coefficient (Wildman–Crippen LogP) is 13.2. The monoisotopic (exact) mass is 561 g/mol. The summed E-state index contributed by atoms with van der Waals surface area (Å²) in [6, 6.07) is 0. The molecule has 1 atom stereocenters. The Hall–Kier alpha value is -0.660. The van der Waals surface area contributed by atoms with Gasteiger partial charge in [0.05, 0.1) is 0 Å². The molecule has 1 rings (SSSR count). The Morgan fingerprint density at radius 1 is 0.325 bits per heavy atom. The zero-order valence-electron chi connectivity index (χ0n) is 28.3. The molecule has 1 aliphatic rings. The molecule has 0 bridgehead atoms. The molecule has 0 aromatic carbocycles. The van der Waals surface area contributed by atoms with Crippen molar-refractivity contribution in [3.63, 3.8) is 0 Å². The van der Waals surface area contributed by atoms with E-state index in [-0.39, 0.29) is 0 Å². The zero-order valence-corrected chi connectivity index (χ0v) is 28.3. The molecule has 0 saturated heterocycles. The van der Waals surface area contributed by atoms with E-state index in [1.165, 1.54) is 206 Å². The highest BCUT2D eigenvalue weighted by molar-refractivity contribution is 4.97. The SMILES string of the molecule is CCCCCCCCCCCCC1N(CCCCCCCCCCC)C=CN1CCCCCCCCCCCC. The first-order valence-corrected chi connectivity index (χ1v) is 19.0. The van der Waals surface area contributed by atoms with Crippen LogP contribution >= 0.6 is 0 Å². The molecule has 0 amide bonds. The summed E-state index contributed by atoms with van der Waals surface area (Å²) in [7, 11) is 0. The number of hydrogen-bond donors (Lipinski definition) is 0. The first-order chi connectivity index (χ1) is 19.8. The maximum absolute atomic E-state index is 2.71. The first kappa shape index (κ1) is 37.4. The van der Waals surface area contributed by atoms with Crippen molar-refractivity contribution < 1.29 is 0 Å². The highest BCUT2D eigenvalue weighted by Crippen LogP contribution is 2.24. The largest absolute Gasteiger partial charge is 0.356 e. The molecule has 1 aliphatic heterocycles. The summed E-state index contributed by atoms with van der Waals surface area (Å²) in [5.74, 6) is 0. The normalized spacial score (nSPS) is 15.1. The maximum Gasteiger partial charge on any atom is 0.101 e. The van der Waals surface area contributed by atoms with E-state index in [1.807, 2.05) is 0 Å². The van der Waals surface area contributed by atoms with E-state index in [9.17, 15) is 0 Å². The molecule has 0 N–H and O–H groups in total. The van der Waals surface area contributed by atoms with E-state index in [4.69, 9.17) is 0 Å². The fourth-order valence-electron chi connectivity index (χ4n) is 6.54. The molecule has 0 aromatic rings. The molecule has 40 heavy (non-hydrogen) atoms. The van der Waals surface area contributed by atoms with Gasteiger partial charge in [-0.3, -0.25) is 0 Å². The lowest BCUT2D eigenvalue weighted by atomic mass is 10.0. The van der Waals surface area contributed by atoms with Crippen LogP contribution in [0.15, 0.2) is 12.4 Å². The Labute approximate surface area is 254 Å². The average Bonchev–Trinajstić information content (AvgIpc) is 3.35. The van der Waals surface area contributed by atoms with Crippen molar-refractivity contribution in [2.75, 3.05) is 13.1 Å². The molecule has 0 radical (unpaired) electrons. The van der Waals surface area contributed by atoms with Gasteiger partial charge in [0, 0.05) is 25.5 Å². The third-order valence-corrected chi connectivity index (χ3v) is 9.32. The van der Waals surface area contributed by atoms with Gasteiger partial charge in [-0.2, -0.15) is 0 Å². The van der Waals surface area contributed by atoms with E-state index < -0.39 is 0 Å². The van der Waals surface area contributed by atoms with Gasteiger partial charge in [-0.05, 0) is 25.7 Å². The molecule has 1 unspecified atom stereocenters. The quantitative estimate of drug-likeness (QED) is 0.0755. The van der Waals surface area contributed by atoms with Crippen LogP contribution in [0.1, 0.15) is 213 Å². The van der Waals surface area contributed by atoms with Gasteiger partial charge in [0.25, 0.3) is 0 Å². The van der Waals surface area contributed by atoms with E-state index in [0.29, 0.717) is 6.17 Å². The standard InChI is InChI=1S/C38H76N2/c1-4-7-10-13-16-19-21-24-27-30-33-38-39(34-31-28-25-22-18-15-12-9-6-3)36-37-40(38)35-32-29-26-23-20-17-14-11-8-5-2/h36-38H,4-35H2,1-3H3. The Kier molecular flexibility index (Phi) is 27.9. The van der Waals surface area contributed by atoms with E-state index in [0.717, 1.165) is 0 Å². The minimum absolute atomic E-state index is 0.640. The molecule has 2 nitrogen and oxygen atoms in total. The summed E-state index contributed by atoms with van der Waals surface area (Å²) in [5.41, 5.74) is 0. The predicted molar refractivity (Wildman–Crippen MR) is 182 cm³/mol. The van der Waals surface area contributed by atoms with Gasteiger partial charge in [-0.1, -0.05) is 188 Å². The molecule has 0 saturated carbocycles. The molecular weight excluding hydrogens is 484 g/mol. The van der Waals surface area contributed by atoms with Crippen LogP contribution in [0.2, 0.25) is 0 Å². The van der Waals surface area contributed by atoms with Crippen LogP contribution in [0.25, 0.3) is 0 Å². The molecule has 0 spiro atoms. The lowest BCUT2D eigenvalue weighted by Crippen LogP contribution is -2.39. The third-order valence-electron chi connectivity index (χ3n) is 9.32. The van der Waals surface area contributed by atoms with E-state index in [2.05, 4.69) is 43.0 Å². The fraction of sp³-hybridized carbons (Fsp3) is 0.947. The van der Waals surface area contributed by atoms with Gasteiger partial charge in [-0.15, -0.1) is 0 Å². The highest BCUT2D eigenvalue weighted by atomic mass is 15.4.